The summed E-state index contributed by atoms with van der Waals surface area (Å²) in [6.07, 6.45) is 5.54. The maximum atomic E-state index is 12.2. The molecule has 2 fully saturated rings. The van der Waals surface area contributed by atoms with Gasteiger partial charge in [0.1, 0.15) is 0 Å². The van der Waals surface area contributed by atoms with Gasteiger partial charge in [-0.1, -0.05) is 34.6 Å². The minimum absolute atomic E-state index is 0.168. The summed E-state index contributed by atoms with van der Waals surface area (Å²) in [5, 5.41) is 0. The lowest BCUT2D eigenvalue weighted by atomic mass is 9.80. The van der Waals surface area contributed by atoms with E-state index in [0.29, 0.717) is 17.5 Å². The van der Waals surface area contributed by atoms with Gasteiger partial charge in [-0.2, -0.15) is 8.78 Å². The van der Waals surface area contributed by atoms with Gasteiger partial charge in [0, 0.05) is 25.2 Å². The summed E-state index contributed by atoms with van der Waals surface area (Å²) >= 11 is 0. The fourth-order valence-corrected chi connectivity index (χ4v) is 4.52. The Balaban J connectivity index is 1.79. The van der Waals surface area contributed by atoms with Gasteiger partial charge in [0.25, 0.3) is 0 Å². The van der Waals surface area contributed by atoms with Gasteiger partial charge in [0.2, 0.25) is 0 Å². The molecule has 2 heterocycles. The van der Waals surface area contributed by atoms with Crippen molar-refractivity contribution in [1.29, 1.82) is 0 Å². The molecule has 0 N–H and O–H groups in total. The topological polar surface area (TPSA) is 15.7 Å². The molecule has 0 aliphatic carbocycles. The molecule has 2 aliphatic rings. The largest absolute Gasteiger partial charge is 0.345 e. The van der Waals surface area contributed by atoms with Crippen molar-refractivity contribution in [2.24, 2.45) is 10.8 Å². The number of alkyl halides is 2. The molecule has 148 valence electrons. The minimum Gasteiger partial charge on any atom is -0.323 e. The van der Waals surface area contributed by atoms with Gasteiger partial charge in [-0.15, -0.1) is 0 Å². The van der Waals surface area contributed by atoms with E-state index in [0.717, 1.165) is 25.9 Å². The second-order valence-electron chi connectivity index (χ2n) is 10.0. The third-order valence-electron chi connectivity index (χ3n) is 5.56. The van der Waals surface area contributed by atoms with E-state index in [1.54, 1.807) is 0 Å². The highest BCUT2D eigenvalue weighted by atomic mass is 19.3. The van der Waals surface area contributed by atoms with Crippen molar-refractivity contribution in [3.8, 4) is 0 Å². The Bertz CT molecular complexity index is 409. The van der Waals surface area contributed by atoms with Crippen LogP contribution < -0.4 is 0 Å². The van der Waals surface area contributed by atoms with Crippen LogP contribution in [0.4, 0.5) is 8.78 Å². The van der Waals surface area contributed by atoms with Crippen LogP contribution in [0.1, 0.15) is 66.7 Å². The molecule has 2 atom stereocenters. The molecular formula is C20H38F2N2O. The van der Waals surface area contributed by atoms with E-state index in [9.17, 15) is 8.78 Å². The van der Waals surface area contributed by atoms with Crippen molar-refractivity contribution in [1.82, 2.24) is 9.80 Å². The molecule has 0 aromatic carbocycles. The van der Waals surface area contributed by atoms with E-state index in [2.05, 4.69) is 49.2 Å². The Hall–Kier alpha value is -0.260. The molecule has 2 aliphatic heterocycles. The molecule has 3 nitrogen and oxygen atoms in total. The number of nitrogens with zero attached hydrogens (tertiary/aromatic N) is 2. The van der Waals surface area contributed by atoms with E-state index < -0.39 is 6.61 Å². The molecule has 0 radical (unpaired) electrons. The highest BCUT2D eigenvalue weighted by Crippen LogP contribution is 2.35. The van der Waals surface area contributed by atoms with Gasteiger partial charge in [-0.25, -0.2) is 0 Å². The highest BCUT2D eigenvalue weighted by molar-refractivity contribution is 4.92. The smallest absolute Gasteiger partial charge is 0.323 e. The Labute approximate surface area is 153 Å². The lowest BCUT2D eigenvalue weighted by Gasteiger charge is -2.48. The standard InChI is InChI=1S/C20H38F2N2O/c1-19(2,3)14-24-11-8-17(24)13-20(4,5)15-23-10-6-7-16(23)9-12-25-18(21)22/h16-18H,6-15H2,1-5H3. The van der Waals surface area contributed by atoms with Gasteiger partial charge < -0.3 is 4.74 Å². The average molecular weight is 361 g/mol. The summed E-state index contributed by atoms with van der Waals surface area (Å²) < 4.78 is 28.8. The van der Waals surface area contributed by atoms with Crippen molar-refractivity contribution in [2.75, 3.05) is 32.8 Å². The molecular weight excluding hydrogens is 322 g/mol. The number of ether oxygens (including phenoxy) is 1. The van der Waals surface area contributed by atoms with Gasteiger partial charge in [0.15, 0.2) is 0 Å². The van der Waals surface area contributed by atoms with Crippen LogP contribution >= 0.6 is 0 Å². The number of rotatable bonds is 9. The van der Waals surface area contributed by atoms with Crippen molar-refractivity contribution < 1.29 is 13.5 Å². The predicted molar refractivity (Wildman–Crippen MR) is 99.0 cm³/mol. The monoisotopic (exact) mass is 360 g/mol. The van der Waals surface area contributed by atoms with Crippen LogP contribution in [0.2, 0.25) is 0 Å². The lowest BCUT2D eigenvalue weighted by Crippen LogP contribution is -2.53. The lowest BCUT2D eigenvalue weighted by molar-refractivity contribution is -0.131. The fourth-order valence-electron chi connectivity index (χ4n) is 4.52. The first-order valence-corrected chi connectivity index (χ1v) is 9.94. The van der Waals surface area contributed by atoms with Gasteiger partial charge >= 0.3 is 6.61 Å². The summed E-state index contributed by atoms with van der Waals surface area (Å²) in [5.41, 5.74) is 0.612. The third-order valence-corrected chi connectivity index (χ3v) is 5.56. The summed E-state index contributed by atoms with van der Waals surface area (Å²) in [4.78, 5) is 5.15. The zero-order chi connectivity index (χ0) is 18.7. The van der Waals surface area contributed by atoms with Crippen LogP contribution in [0.5, 0.6) is 0 Å². The number of halogens is 2. The molecule has 0 bridgehead atoms. The molecule has 0 saturated carbocycles. The normalized spacial score (nSPS) is 26.4. The summed E-state index contributed by atoms with van der Waals surface area (Å²) in [7, 11) is 0. The molecule has 2 rings (SSSR count). The summed E-state index contributed by atoms with van der Waals surface area (Å²) in [6, 6.07) is 1.11. The molecule has 25 heavy (non-hydrogen) atoms. The summed E-state index contributed by atoms with van der Waals surface area (Å²) in [5.74, 6) is 0. The molecule has 0 aromatic heterocycles. The van der Waals surface area contributed by atoms with Crippen molar-refractivity contribution >= 4 is 0 Å². The Morgan fingerprint density at radius 1 is 0.960 bits per heavy atom. The van der Waals surface area contributed by atoms with Crippen LogP contribution in [-0.4, -0.2) is 61.3 Å². The number of hydrogen-bond acceptors (Lipinski definition) is 3. The van der Waals surface area contributed by atoms with E-state index in [1.165, 1.54) is 32.4 Å². The van der Waals surface area contributed by atoms with E-state index in [1.807, 2.05) is 0 Å². The first-order chi connectivity index (χ1) is 11.6. The Kier molecular flexibility index (Phi) is 7.26. The molecule has 0 amide bonds. The zero-order valence-electron chi connectivity index (χ0n) is 16.9. The quantitative estimate of drug-likeness (QED) is 0.597. The van der Waals surface area contributed by atoms with Crippen molar-refractivity contribution in [3.63, 3.8) is 0 Å². The maximum absolute atomic E-state index is 12.2. The second-order valence-corrected chi connectivity index (χ2v) is 10.0. The predicted octanol–water partition coefficient (Wildman–Crippen LogP) is 4.62. The number of likely N-dealkylation sites (tertiary alicyclic amines) is 2. The van der Waals surface area contributed by atoms with Crippen LogP contribution in [0.15, 0.2) is 0 Å². The second kappa shape index (κ2) is 8.62. The molecule has 2 saturated heterocycles. The Morgan fingerprint density at radius 3 is 2.20 bits per heavy atom. The highest BCUT2D eigenvalue weighted by Gasteiger charge is 2.37. The van der Waals surface area contributed by atoms with Gasteiger partial charge in [0.05, 0.1) is 6.61 Å². The van der Waals surface area contributed by atoms with E-state index in [-0.39, 0.29) is 12.0 Å². The zero-order valence-corrected chi connectivity index (χ0v) is 16.9. The molecule has 0 spiro atoms. The minimum atomic E-state index is -2.64. The maximum Gasteiger partial charge on any atom is 0.345 e. The van der Waals surface area contributed by atoms with E-state index >= 15 is 0 Å². The van der Waals surface area contributed by atoms with Gasteiger partial charge in [-0.05, 0) is 56.0 Å². The van der Waals surface area contributed by atoms with Crippen molar-refractivity contribution in [2.45, 2.75) is 85.4 Å². The first kappa shape index (κ1) is 21.0. The Morgan fingerprint density at radius 2 is 1.64 bits per heavy atom. The first-order valence-electron chi connectivity index (χ1n) is 9.94. The summed E-state index contributed by atoms with van der Waals surface area (Å²) in [6.45, 7) is 13.8. The fraction of sp³-hybridized carbons (Fsp3) is 1.00. The number of hydrogen-bond donors (Lipinski definition) is 0. The van der Waals surface area contributed by atoms with Crippen LogP contribution in [-0.2, 0) is 4.74 Å². The van der Waals surface area contributed by atoms with Gasteiger partial charge in [-0.3, -0.25) is 9.80 Å². The average Bonchev–Trinajstić information content (AvgIpc) is 2.87. The van der Waals surface area contributed by atoms with E-state index in [4.69, 9.17) is 0 Å². The molecule has 2 unspecified atom stereocenters. The molecule has 5 heteroatoms. The van der Waals surface area contributed by atoms with Crippen LogP contribution in [0, 0.1) is 10.8 Å². The third kappa shape index (κ3) is 7.10. The SMILES string of the molecule is CC(C)(C)CN1CCC1CC(C)(C)CN1CCCC1CCOC(F)F. The van der Waals surface area contributed by atoms with Crippen LogP contribution in [0.25, 0.3) is 0 Å². The van der Waals surface area contributed by atoms with Crippen LogP contribution in [0.3, 0.4) is 0 Å². The molecule has 0 aromatic rings. The van der Waals surface area contributed by atoms with Crippen molar-refractivity contribution in [3.05, 3.63) is 0 Å².